The van der Waals surface area contributed by atoms with Crippen LogP contribution in [0.15, 0.2) is 58.5 Å². The third kappa shape index (κ3) is 3.72. The van der Waals surface area contributed by atoms with Gasteiger partial charge in [-0.1, -0.05) is 23.7 Å². The van der Waals surface area contributed by atoms with Gasteiger partial charge in [0.1, 0.15) is 5.82 Å². The highest BCUT2D eigenvalue weighted by Crippen LogP contribution is 2.42. The Kier molecular flexibility index (Phi) is 4.79. The van der Waals surface area contributed by atoms with Crippen molar-refractivity contribution in [3.63, 3.8) is 0 Å². The molecule has 7 nitrogen and oxygen atoms in total. The Labute approximate surface area is 162 Å². The summed E-state index contributed by atoms with van der Waals surface area (Å²) < 4.78 is 13.9. The molecule has 0 spiro atoms. The molecule has 1 fully saturated rings. The summed E-state index contributed by atoms with van der Waals surface area (Å²) in [4.78, 5) is 31.9. The maximum absolute atomic E-state index is 12.2. The number of nitrogens with one attached hydrogen (secondary N) is 2. The summed E-state index contributed by atoms with van der Waals surface area (Å²) in [6.45, 7) is 0. The fourth-order valence-electron chi connectivity index (χ4n) is 2.81. The van der Waals surface area contributed by atoms with E-state index in [4.69, 9.17) is 11.6 Å². The Morgan fingerprint density at radius 3 is 2.64 bits per heavy atom. The average molecular weight is 400 g/mol. The van der Waals surface area contributed by atoms with Crippen LogP contribution < -0.4 is 11.2 Å². The van der Waals surface area contributed by atoms with Gasteiger partial charge >= 0.3 is 5.69 Å². The van der Waals surface area contributed by atoms with E-state index in [1.54, 1.807) is 29.0 Å². The first-order valence-electron chi connectivity index (χ1n) is 8.59. The second-order valence-corrected chi connectivity index (χ2v) is 6.76. The third-order valence-electron chi connectivity index (χ3n) is 4.32. The molecule has 28 heavy (non-hydrogen) atoms. The van der Waals surface area contributed by atoms with E-state index < -0.39 is 11.2 Å². The molecule has 2 N–H and O–H groups in total. The molecule has 1 aliphatic carbocycles. The van der Waals surface area contributed by atoms with Gasteiger partial charge in [-0.25, -0.2) is 18.7 Å². The Balaban J connectivity index is 0.000000203. The Hall–Kier alpha value is -3.26. The molecule has 3 heterocycles. The summed E-state index contributed by atoms with van der Waals surface area (Å²) >= 11 is 5.33. The van der Waals surface area contributed by atoms with Crippen molar-refractivity contribution in [2.24, 2.45) is 0 Å². The molecular weight excluding hydrogens is 385 g/mol. The van der Waals surface area contributed by atoms with Crippen LogP contribution in [0.5, 0.6) is 0 Å². The van der Waals surface area contributed by atoms with Gasteiger partial charge in [-0.2, -0.15) is 5.10 Å². The largest absolute Gasteiger partial charge is 0.325 e. The molecule has 0 atom stereocenters. The van der Waals surface area contributed by atoms with Gasteiger partial charge in [0, 0.05) is 24.2 Å². The van der Waals surface area contributed by atoms with Crippen LogP contribution in [0.1, 0.15) is 24.3 Å². The lowest BCUT2D eigenvalue weighted by atomic mass is 10.1. The zero-order valence-corrected chi connectivity index (χ0v) is 15.3. The zero-order chi connectivity index (χ0) is 19.7. The van der Waals surface area contributed by atoms with Crippen molar-refractivity contribution in [2.75, 3.05) is 0 Å². The summed E-state index contributed by atoms with van der Waals surface area (Å²) in [6.07, 6.45) is 7.10. The summed E-state index contributed by atoms with van der Waals surface area (Å²) in [6, 6.07) is 8.01. The standard InChI is InChI=1S/C13H11N5O2.C6H4ClF/c19-12-9(6-15-13(20)16-12)10-5-8(7-1-2-7)11-14-3-4-18(11)17-10;7-5-3-1-2-4-6(5)8/h3-7H,1-2H2,(H2,15,16,19,20);1-4H. The molecule has 1 aliphatic rings. The number of nitrogens with zero attached hydrogens (tertiary/aromatic N) is 3. The minimum atomic E-state index is -0.523. The molecule has 9 heteroatoms. The lowest BCUT2D eigenvalue weighted by Crippen LogP contribution is -2.23. The molecule has 142 valence electrons. The van der Waals surface area contributed by atoms with Gasteiger partial charge in [0.15, 0.2) is 5.65 Å². The monoisotopic (exact) mass is 399 g/mol. The van der Waals surface area contributed by atoms with Crippen molar-refractivity contribution in [3.05, 3.63) is 86.2 Å². The Bertz CT molecular complexity index is 1240. The zero-order valence-electron chi connectivity index (χ0n) is 14.5. The predicted octanol–water partition coefficient (Wildman–Crippen LogP) is 3.13. The summed E-state index contributed by atoms with van der Waals surface area (Å²) in [5.41, 5.74) is 1.85. The number of halogens is 2. The third-order valence-corrected chi connectivity index (χ3v) is 4.63. The first-order chi connectivity index (χ1) is 13.5. The van der Waals surface area contributed by atoms with E-state index in [2.05, 4.69) is 20.1 Å². The predicted molar refractivity (Wildman–Crippen MR) is 103 cm³/mol. The van der Waals surface area contributed by atoms with Gasteiger partial charge in [0.2, 0.25) is 0 Å². The summed E-state index contributed by atoms with van der Waals surface area (Å²) in [5, 5.41) is 4.55. The highest BCUT2D eigenvalue weighted by molar-refractivity contribution is 6.30. The van der Waals surface area contributed by atoms with Crippen LogP contribution in [0.25, 0.3) is 16.9 Å². The van der Waals surface area contributed by atoms with E-state index in [1.165, 1.54) is 18.3 Å². The van der Waals surface area contributed by atoms with E-state index in [0.29, 0.717) is 17.2 Å². The lowest BCUT2D eigenvalue weighted by Gasteiger charge is -2.05. The SMILES string of the molecule is Fc1ccccc1Cl.O=c1[nH]cc(-c2cc(C3CC3)c3nccn3n2)c(=O)[nH]1. The van der Waals surface area contributed by atoms with Crippen LogP contribution in [-0.2, 0) is 0 Å². The highest BCUT2D eigenvalue weighted by Gasteiger charge is 2.27. The molecule has 3 aromatic heterocycles. The van der Waals surface area contributed by atoms with Crippen molar-refractivity contribution in [1.29, 1.82) is 0 Å². The number of aromatic nitrogens is 5. The van der Waals surface area contributed by atoms with Gasteiger partial charge in [0.05, 0.1) is 16.3 Å². The number of imidazole rings is 1. The normalized spacial score (nSPS) is 13.2. The van der Waals surface area contributed by atoms with Crippen LogP contribution in [0, 0.1) is 5.82 Å². The van der Waals surface area contributed by atoms with Crippen molar-refractivity contribution < 1.29 is 4.39 Å². The average Bonchev–Trinajstić information content (AvgIpc) is 3.41. The van der Waals surface area contributed by atoms with Gasteiger partial charge in [0.25, 0.3) is 5.56 Å². The number of rotatable bonds is 2. The molecule has 5 rings (SSSR count). The molecule has 0 aliphatic heterocycles. The molecule has 1 saturated carbocycles. The van der Waals surface area contributed by atoms with E-state index in [1.807, 2.05) is 6.07 Å². The molecule has 4 aromatic rings. The van der Waals surface area contributed by atoms with Crippen LogP contribution in [0.4, 0.5) is 4.39 Å². The summed E-state index contributed by atoms with van der Waals surface area (Å²) in [5.74, 6) is 0.123. The van der Waals surface area contributed by atoms with Crippen LogP contribution in [0.3, 0.4) is 0 Å². The molecule has 0 radical (unpaired) electrons. The van der Waals surface area contributed by atoms with Crippen LogP contribution in [-0.4, -0.2) is 24.6 Å². The number of hydrogen-bond acceptors (Lipinski definition) is 4. The van der Waals surface area contributed by atoms with E-state index in [0.717, 1.165) is 24.1 Å². The fraction of sp³-hybridized carbons (Fsp3) is 0.158. The second kappa shape index (κ2) is 7.40. The van der Waals surface area contributed by atoms with E-state index in [9.17, 15) is 14.0 Å². The minimum Gasteiger partial charge on any atom is -0.313 e. The Morgan fingerprint density at radius 1 is 1.21 bits per heavy atom. The van der Waals surface area contributed by atoms with Crippen molar-refractivity contribution >= 4 is 17.2 Å². The number of fused-ring (bicyclic) bond motifs is 1. The summed E-state index contributed by atoms with van der Waals surface area (Å²) in [7, 11) is 0. The van der Waals surface area contributed by atoms with Crippen LogP contribution in [0.2, 0.25) is 5.02 Å². The quantitative estimate of drug-likeness (QED) is 0.541. The van der Waals surface area contributed by atoms with Gasteiger partial charge < -0.3 is 4.98 Å². The molecule has 1 aromatic carbocycles. The van der Waals surface area contributed by atoms with E-state index >= 15 is 0 Å². The van der Waals surface area contributed by atoms with Gasteiger partial charge in [-0.3, -0.25) is 9.78 Å². The number of hydrogen-bond donors (Lipinski definition) is 2. The molecular formula is C19H15ClFN5O2. The van der Waals surface area contributed by atoms with Gasteiger partial charge in [-0.15, -0.1) is 0 Å². The molecule has 0 saturated heterocycles. The van der Waals surface area contributed by atoms with Gasteiger partial charge in [-0.05, 0) is 37.0 Å². The first kappa shape index (κ1) is 18.1. The van der Waals surface area contributed by atoms with Crippen molar-refractivity contribution in [3.8, 4) is 11.3 Å². The highest BCUT2D eigenvalue weighted by atomic mass is 35.5. The smallest absolute Gasteiger partial charge is 0.313 e. The number of H-pyrrole nitrogens is 2. The fourth-order valence-corrected chi connectivity index (χ4v) is 2.94. The molecule has 0 amide bonds. The Morgan fingerprint density at radius 2 is 2.00 bits per heavy atom. The molecule has 0 unspecified atom stereocenters. The number of aromatic amines is 2. The maximum atomic E-state index is 12.2. The van der Waals surface area contributed by atoms with Crippen molar-refractivity contribution in [1.82, 2.24) is 24.6 Å². The second-order valence-electron chi connectivity index (χ2n) is 6.35. The topological polar surface area (TPSA) is 95.9 Å². The lowest BCUT2D eigenvalue weighted by molar-refractivity contribution is 0.628. The minimum absolute atomic E-state index is 0.174. The first-order valence-corrected chi connectivity index (χ1v) is 8.97. The van der Waals surface area contributed by atoms with E-state index in [-0.39, 0.29) is 10.8 Å². The molecule has 0 bridgehead atoms. The number of benzene rings is 1. The maximum Gasteiger partial charge on any atom is 0.325 e. The van der Waals surface area contributed by atoms with Crippen molar-refractivity contribution in [2.45, 2.75) is 18.8 Å². The van der Waals surface area contributed by atoms with Crippen LogP contribution >= 0.6 is 11.6 Å².